The van der Waals surface area contributed by atoms with E-state index in [1.54, 1.807) is 31.2 Å². The van der Waals surface area contributed by atoms with E-state index in [2.05, 4.69) is 5.32 Å². The predicted molar refractivity (Wildman–Crippen MR) is 122 cm³/mol. The highest BCUT2D eigenvalue weighted by Gasteiger charge is 2.31. The molecule has 1 amide bonds. The second kappa shape index (κ2) is 10.9. The quantitative estimate of drug-likeness (QED) is 0.590. The molecule has 0 saturated carbocycles. The topological polar surface area (TPSA) is 79.0 Å². The number of rotatable bonds is 11. The Bertz CT molecular complexity index is 902. The van der Waals surface area contributed by atoms with Gasteiger partial charge in [0.05, 0.1) is 18.6 Å². The third-order valence-electron chi connectivity index (χ3n) is 4.68. The molecule has 8 heteroatoms. The lowest BCUT2D eigenvalue weighted by Crippen LogP contribution is -2.50. The Morgan fingerprint density at radius 1 is 1.03 bits per heavy atom. The fourth-order valence-electron chi connectivity index (χ4n) is 3.19. The molecule has 1 N–H and O–H groups in total. The molecule has 7 nitrogen and oxygen atoms in total. The van der Waals surface area contributed by atoms with Gasteiger partial charge in [0, 0.05) is 25.8 Å². The van der Waals surface area contributed by atoms with Crippen LogP contribution in [-0.2, 0) is 14.8 Å². The van der Waals surface area contributed by atoms with Crippen LogP contribution in [0.2, 0.25) is 0 Å². The van der Waals surface area contributed by atoms with Crippen LogP contribution in [0.1, 0.15) is 20.3 Å². The highest BCUT2D eigenvalue weighted by Crippen LogP contribution is 2.25. The first kappa shape index (κ1) is 23.5. The maximum Gasteiger partial charge on any atom is 0.243 e. The molecule has 0 bridgehead atoms. The van der Waals surface area contributed by atoms with Gasteiger partial charge >= 0.3 is 0 Å². The molecular weight excluding hydrogens is 402 g/mol. The number of amides is 1. The minimum absolute atomic E-state index is 0.321. The third kappa shape index (κ3) is 6.38. The van der Waals surface area contributed by atoms with Crippen LogP contribution in [0.15, 0.2) is 54.6 Å². The fourth-order valence-corrected chi connectivity index (χ4v) is 4.40. The van der Waals surface area contributed by atoms with Crippen LogP contribution in [0.5, 0.6) is 5.75 Å². The first-order valence-corrected chi connectivity index (χ1v) is 11.9. The van der Waals surface area contributed by atoms with Crippen LogP contribution < -0.4 is 19.3 Å². The number of anilines is 2. The Balaban J connectivity index is 2.09. The van der Waals surface area contributed by atoms with Gasteiger partial charge in [-0.05, 0) is 49.7 Å². The molecule has 2 rings (SSSR count). The Morgan fingerprint density at radius 2 is 1.67 bits per heavy atom. The molecule has 164 valence electrons. The summed E-state index contributed by atoms with van der Waals surface area (Å²) in [6, 6.07) is 15.7. The average molecular weight is 434 g/mol. The maximum atomic E-state index is 12.9. The van der Waals surface area contributed by atoms with Crippen molar-refractivity contribution in [3.8, 4) is 5.75 Å². The second-order valence-electron chi connectivity index (χ2n) is 6.96. The molecule has 2 aromatic rings. The number of hydrogen-bond donors (Lipinski definition) is 1. The Morgan fingerprint density at radius 3 is 2.20 bits per heavy atom. The molecule has 0 aliphatic rings. The van der Waals surface area contributed by atoms with Gasteiger partial charge < -0.3 is 15.0 Å². The van der Waals surface area contributed by atoms with Crippen molar-refractivity contribution in [3.05, 3.63) is 54.6 Å². The average Bonchev–Trinajstić information content (AvgIpc) is 2.72. The predicted octanol–water partition coefficient (Wildman–Crippen LogP) is 2.88. The smallest absolute Gasteiger partial charge is 0.243 e. The van der Waals surface area contributed by atoms with Crippen molar-refractivity contribution < 1.29 is 17.9 Å². The van der Waals surface area contributed by atoms with Gasteiger partial charge in [-0.25, -0.2) is 8.42 Å². The minimum Gasteiger partial charge on any atom is -0.494 e. The molecule has 1 atom stereocenters. The summed E-state index contributed by atoms with van der Waals surface area (Å²) in [4.78, 5) is 14.9. The Kier molecular flexibility index (Phi) is 8.53. The van der Waals surface area contributed by atoms with E-state index in [1.165, 1.54) is 4.31 Å². The summed E-state index contributed by atoms with van der Waals surface area (Å²) in [5, 5.41) is 2.88. The molecule has 0 aliphatic heterocycles. The standard InChI is InChI=1S/C22H31N3O4S/c1-5-21(22(26)23-16-17-24(3)18-10-8-7-9-11-18)25(30(4,27)28)19-12-14-20(15-13-19)29-6-2/h7-15,21H,5-6,16-17H2,1-4H3,(H,23,26)/t21-/m0/s1. The van der Waals surface area contributed by atoms with Crippen molar-refractivity contribution in [1.29, 1.82) is 0 Å². The summed E-state index contributed by atoms with van der Waals surface area (Å²) < 4.78 is 31.6. The number of hydrogen-bond acceptors (Lipinski definition) is 5. The maximum absolute atomic E-state index is 12.9. The van der Waals surface area contributed by atoms with E-state index in [1.807, 2.05) is 49.2 Å². The first-order chi connectivity index (χ1) is 14.3. The molecule has 0 fully saturated rings. The number of carbonyl (C=O) groups is 1. The third-order valence-corrected chi connectivity index (χ3v) is 5.86. The summed E-state index contributed by atoms with van der Waals surface area (Å²) >= 11 is 0. The van der Waals surface area contributed by atoms with E-state index in [9.17, 15) is 13.2 Å². The SMILES string of the molecule is CCOc1ccc(N([C@@H](CC)C(=O)NCCN(C)c2ccccc2)S(C)(=O)=O)cc1. The van der Waals surface area contributed by atoms with Crippen molar-refractivity contribution >= 4 is 27.3 Å². The van der Waals surface area contributed by atoms with Gasteiger partial charge in [0.1, 0.15) is 11.8 Å². The largest absolute Gasteiger partial charge is 0.494 e. The molecule has 0 heterocycles. The van der Waals surface area contributed by atoms with Gasteiger partial charge in [0.2, 0.25) is 15.9 Å². The lowest BCUT2D eigenvalue weighted by atomic mass is 10.2. The van der Waals surface area contributed by atoms with E-state index in [-0.39, 0.29) is 5.91 Å². The van der Waals surface area contributed by atoms with Crippen LogP contribution in [0.25, 0.3) is 0 Å². The monoisotopic (exact) mass is 433 g/mol. The number of ether oxygens (including phenoxy) is 1. The zero-order valence-corrected chi connectivity index (χ0v) is 18.9. The van der Waals surface area contributed by atoms with Gasteiger partial charge in [0.15, 0.2) is 0 Å². The molecule has 0 aromatic heterocycles. The zero-order chi connectivity index (χ0) is 22.1. The van der Waals surface area contributed by atoms with Crippen LogP contribution >= 0.6 is 0 Å². The molecule has 0 aliphatic carbocycles. The van der Waals surface area contributed by atoms with Crippen molar-refractivity contribution in [2.24, 2.45) is 0 Å². The van der Waals surface area contributed by atoms with Crippen LogP contribution in [0.4, 0.5) is 11.4 Å². The number of carbonyl (C=O) groups excluding carboxylic acids is 1. The fraction of sp³-hybridized carbons (Fsp3) is 0.409. The molecule has 0 spiro atoms. The summed E-state index contributed by atoms with van der Waals surface area (Å²) in [6.45, 7) is 5.21. The molecule has 0 radical (unpaired) electrons. The number of likely N-dealkylation sites (N-methyl/N-ethyl adjacent to an activating group) is 1. The number of sulfonamides is 1. The van der Waals surface area contributed by atoms with E-state index in [0.29, 0.717) is 37.6 Å². The van der Waals surface area contributed by atoms with Crippen LogP contribution in [0, 0.1) is 0 Å². The summed E-state index contributed by atoms with van der Waals surface area (Å²) in [7, 11) is -1.72. The van der Waals surface area contributed by atoms with Crippen LogP contribution in [0.3, 0.4) is 0 Å². The molecule has 30 heavy (non-hydrogen) atoms. The minimum atomic E-state index is -3.66. The van der Waals surface area contributed by atoms with Gasteiger partial charge in [-0.3, -0.25) is 9.10 Å². The summed E-state index contributed by atoms with van der Waals surface area (Å²) in [5.74, 6) is 0.328. The van der Waals surface area contributed by atoms with E-state index < -0.39 is 16.1 Å². The van der Waals surface area contributed by atoms with Gasteiger partial charge in [-0.1, -0.05) is 25.1 Å². The van der Waals surface area contributed by atoms with E-state index >= 15 is 0 Å². The van der Waals surface area contributed by atoms with Gasteiger partial charge in [0.25, 0.3) is 0 Å². The van der Waals surface area contributed by atoms with Crippen LogP contribution in [-0.4, -0.2) is 53.4 Å². The number of benzene rings is 2. The Hall–Kier alpha value is -2.74. The number of para-hydroxylation sites is 1. The van der Waals surface area contributed by atoms with E-state index in [4.69, 9.17) is 4.74 Å². The van der Waals surface area contributed by atoms with Crippen molar-refractivity contribution in [3.63, 3.8) is 0 Å². The van der Waals surface area contributed by atoms with Crippen molar-refractivity contribution in [1.82, 2.24) is 5.32 Å². The molecule has 0 saturated heterocycles. The summed E-state index contributed by atoms with van der Waals surface area (Å²) in [6.07, 6.45) is 1.46. The lowest BCUT2D eigenvalue weighted by molar-refractivity contribution is -0.122. The van der Waals surface area contributed by atoms with Gasteiger partial charge in [-0.2, -0.15) is 0 Å². The lowest BCUT2D eigenvalue weighted by Gasteiger charge is -2.30. The molecule has 2 aromatic carbocycles. The molecular formula is C22H31N3O4S. The van der Waals surface area contributed by atoms with Gasteiger partial charge in [-0.15, -0.1) is 0 Å². The van der Waals surface area contributed by atoms with Crippen molar-refractivity contribution in [2.45, 2.75) is 26.3 Å². The summed E-state index contributed by atoms with van der Waals surface area (Å²) in [5.41, 5.74) is 1.48. The number of nitrogens with zero attached hydrogens (tertiary/aromatic N) is 2. The van der Waals surface area contributed by atoms with Crippen molar-refractivity contribution in [2.75, 3.05) is 42.2 Å². The van der Waals surface area contributed by atoms with E-state index in [0.717, 1.165) is 11.9 Å². The number of nitrogens with one attached hydrogen (secondary N) is 1. The zero-order valence-electron chi connectivity index (χ0n) is 18.0. The first-order valence-electron chi connectivity index (χ1n) is 10.0. The Labute approximate surface area is 179 Å². The highest BCUT2D eigenvalue weighted by molar-refractivity contribution is 7.92. The second-order valence-corrected chi connectivity index (χ2v) is 8.82. The molecule has 0 unspecified atom stereocenters. The highest BCUT2D eigenvalue weighted by atomic mass is 32.2. The normalized spacial score (nSPS) is 12.1.